The second kappa shape index (κ2) is 10.9. The van der Waals surface area contributed by atoms with Crippen molar-refractivity contribution in [3.63, 3.8) is 0 Å². The minimum absolute atomic E-state index is 0.469. The predicted molar refractivity (Wildman–Crippen MR) is 196 cm³/mol. The molecular weight excluding hydrogens is 575 g/mol. The topological polar surface area (TPSA) is 50.3 Å². The van der Waals surface area contributed by atoms with Crippen molar-refractivity contribution >= 4 is 56.2 Å². The van der Waals surface area contributed by atoms with Crippen LogP contribution in [0.4, 0.5) is 0 Å². The zero-order valence-electron chi connectivity index (χ0n) is 25.5. The number of para-hydroxylation sites is 2. The minimum Gasteiger partial charge on any atom is -0.423 e. The molecule has 47 heavy (non-hydrogen) atoms. The van der Waals surface area contributed by atoms with Gasteiger partial charge < -0.3 is 19.2 Å². The lowest BCUT2D eigenvalue weighted by Gasteiger charge is -2.10. The number of hydrogen-bond acceptors (Lipinski definition) is 2. The molecule has 0 spiro atoms. The molecule has 5 heteroatoms. The van der Waals surface area contributed by atoms with Crippen molar-refractivity contribution in [1.82, 2.24) is 9.13 Å². The molecule has 0 saturated heterocycles. The van der Waals surface area contributed by atoms with Crippen LogP contribution in [0.2, 0.25) is 0 Å². The SMILES string of the molecule is OB(O)c1ccc(-n2c3ccccc3c3cc(-c4ccc5c(c4)c4cc(-c6ccccc6)ccc4n5-c4ccccc4)ccc32)cc1. The van der Waals surface area contributed by atoms with E-state index in [-0.39, 0.29) is 0 Å². The smallest absolute Gasteiger partial charge is 0.423 e. The summed E-state index contributed by atoms with van der Waals surface area (Å²) < 4.78 is 4.60. The number of rotatable bonds is 5. The van der Waals surface area contributed by atoms with Crippen LogP contribution >= 0.6 is 0 Å². The monoisotopic (exact) mass is 604 g/mol. The molecule has 2 heterocycles. The summed E-state index contributed by atoms with van der Waals surface area (Å²) in [6.07, 6.45) is 0. The quantitative estimate of drug-likeness (QED) is 0.193. The van der Waals surface area contributed by atoms with E-state index in [0.717, 1.165) is 33.5 Å². The third kappa shape index (κ3) is 4.48. The summed E-state index contributed by atoms with van der Waals surface area (Å²) in [5, 5.41) is 24.0. The van der Waals surface area contributed by atoms with Crippen molar-refractivity contribution < 1.29 is 10.0 Å². The Morgan fingerprint density at radius 3 is 1.32 bits per heavy atom. The highest BCUT2D eigenvalue weighted by Crippen LogP contribution is 2.39. The molecule has 0 aliphatic carbocycles. The van der Waals surface area contributed by atoms with Crippen LogP contribution in [0.3, 0.4) is 0 Å². The Bertz CT molecular complexity index is 2590. The van der Waals surface area contributed by atoms with Crippen molar-refractivity contribution in [3.05, 3.63) is 164 Å². The standard InChI is InChI=1S/C42H29BN2O2/c46-43(47)32-18-20-34(21-19-32)45-39-14-8-7-13-35(39)36-26-30(16-23-40(36)45)31-17-24-42-38(27-31)37-25-29(28-9-3-1-4-10-28)15-22-41(37)44(42)33-11-5-2-6-12-33/h1-27,46-47H. The van der Waals surface area contributed by atoms with E-state index >= 15 is 0 Å². The molecule has 0 amide bonds. The van der Waals surface area contributed by atoms with Crippen LogP contribution in [0.5, 0.6) is 0 Å². The Hall–Kier alpha value is -5.88. The normalized spacial score (nSPS) is 11.6. The fourth-order valence-corrected chi connectivity index (χ4v) is 7.09. The Morgan fingerprint density at radius 2 is 0.766 bits per heavy atom. The zero-order chi connectivity index (χ0) is 31.5. The lowest BCUT2D eigenvalue weighted by Crippen LogP contribution is -2.29. The van der Waals surface area contributed by atoms with E-state index in [0.29, 0.717) is 5.46 Å². The van der Waals surface area contributed by atoms with Gasteiger partial charge in [0.25, 0.3) is 0 Å². The Labute approximate surface area is 272 Å². The molecule has 222 valence electrons. The molecule has 0 unspecified atom stereocenters. The average molecular weight is 605 g/mol. The van der Waals surface area contributed by atoms with Gasteiger partial charge in [-0.3, -0.25) is 0 Å². The molecule has 9 aromatic rings. The first-order chi connectivity index (χ1) is 23.1. The molecule has 0 atom stereocenters. The van der Waals surface area contributed by atoms with Crippen LogP contribution < -0.4 is 5.46 Å². The molecule has 7 aromatic carbocycles. The van der Waals surface area contributed by atoms with Crippen LogP contribution in [-0.4, -0.2) is 26.3 Å². The fourth-order valence-electron chi connectivity index (χ4n) is 7.09. The largest absolute Gasteiger partial charge is 0.488 e. The van der Waals surface area contributed by atoms with Crippen molar-refractivity contribution in [2.75, 3.05) is 0 Å². The predicted octanol–water partition coefficient (Wildman–Crippen LogP) is 8.89. The van der Waals surface area contributed by atoms with Crippen molar-refractivity contribution in [2.45, 2.75) is 0 Å². The average Bonchev–Trinajstić information content (AvgIpc) is 3.64. The van der Waals surface area contributed by atoms with E-state index in [1.807, 2.05) is 12.1 Å². The first-order valence-corrected chi connectivity index (χ1v) is 15.8. The summed E-state index contributed by atoms with van der Waals surface area (Å²) in [5.74, 6) is 0. The molecule has 0 aliphatic heterocycles. The van der Waals surface area contributed by atoms with Gasteiger partial charge >= 0.3 is 7.12 Å². The van der Waals surface area contributed by atoms with E-state index in [4.69, 9.17) is 0 Å². The maximum Gasteiger partial charge on any atom is 0.488 e. The second-order valence-corrected chi connectivity index (χ2v) is 12.1. The summed E-state index contributed by atoms with van der Waals surface area (Å²) in [5.41, 5.74) is 11.9. The van der Waals surface area contributed by atoms with Gasteiger partial charge in [-0.05, 0) is 94.4 Å². The van der Waals surface area contributed by atoms with Gasteiger partial charge in [-0.25, -0.2) is 0 Å². The summed E-state index contributed by atoms with van der Waals surface area (Å²) in [6.45, 7) is 0. The van der Waals surface area contributed by atoms with E-state index in [1.165, 1.54) is 43.7 Å². The fraction of sp³-hybridized carbons (Fsp3) is 0. The summed E-state index contributed by atoms with van der Waals surface area (Å²) in [4.78, 5) is 0. The lowest BCUT2D eigenvalue weighted by atomic mass is 9.80. The number of hydrogen-bond donors (Lipinski definition) is 2. The first-order valence-electron chi connectivity index (χ1n) is 15.8. The van der Waals surface area contributed by atoms with Crippen LogP contribution in [0.15, 0.2) is 164 Å². The van der Waals surface area contributed by atoms with Gasteiger partial charge in [-0.2, -0.15) is 0 Å². The number of benzene rings is 7. The van der Waals surface area contributed by atoms with Gasteiger partial charge in [0.2, 0.25) is 0 Å². The van der Waals surface area contributed by atoms with Crippen molar-refractivity contribution in [1.29, 1.82) is 0 Å². The van der Waals surface area contributed by atoms with Crippen LogP contribution in [0.1, 0.15) is 0 Å². The van der Waals surface area contributed by atoms with Gasteiger partial charge in [0.05, 0.1) is 22.1 Å². The maximum absolute atomic E-state index is 9.62. The molecule has 2 N–H and O–H groups in total. The molecule has 0 radical (unpaired) electrons. The highest BCUT2D eigenvalue weighted by molar-refractivity contribution is 6.58. The van der Waals surface area contributed by atoms with Crippen molar-refractivity contribution in [3.8, 4) is 33.6 Å². The molecule has 0 fully saturated rings. The van der Waals surface area contributed by atoms with E-state index < -0.39 is 7.12 Å². The minimum atomic E-state index is -1.49. The van der Waals surface area contributed by atoms with E-state index in [9.17, 15) is 10.0 Å². The summed E-state index contributed by atoms with van der Waals surface area (Å²) in [6, 6.07) is 57.3. The van der Waals surface area contributed by atoms with Gasteiger partial charge in [-0.1, -0.05) is 97.1 Å². The van der Waals surface area contributed by atoms with Crippen LogP contribution in [0, 0.1) is 0 Å². The van der Waals surface area contributed by atoms with E-state index in [2.05, 4.69) is 149 Å². The highest BCUT2D eigenvalue weighted by Gasteiger charge is 2.17. The second-order valence-electron chi connectivity index (χ2n) is 12.1. The van der Waals surface area contributed by atoms with Crippen molar-refractivity contribution in [2.24, 2.45) is 0 Å². The molecule has 4 nitrogen and oxygen atoms in total. The third-order valence-electron chi connectivity index (χ3n) is 9.34. The Balaban J connectivity index is 1.24. The van der Waals surface area contributed by atoms with Crippen LogP contribution in [0.25, 0.3) is 77.2 Å². The zero-order valence-corrected chi connectivity index (χ0v) is 25.5. The molecule has 9 rings (SSSR count). The Kier molecular flexibility index (Phi) is 6.35. The first kappa shape index (κ1) is 27.4. The third-order valence-corrected chi connectivity index (χ3v) is 9.34. The molecule has 0 bridgehead atoms. The lowest BCUT2D eigenvalue weighted by molar-refractivity contribution is 0.426. The molecule has 0 saturated carbocycles. The summed E-state index contributed by atoms with van der Waals surface area (Å²) in [7, 11) is -1.49. The molecule has 0 aliphatic rings. The van der Waals surface area contributed by atoms with Crippen LogP contribution in [-0.2, 0) is 0 Å². The van der Waals surface area contributed by atoms with E-state index in [1.54, 1.807) is 12.1 Å². The van der Waals surface area contributed by atoms with Gasteiger partial charge in [0, 0.05) is 32.9 Å². The number of fused-ring (bicyclic) bond motifs is 6. The van der Waals surface area contributed by atoms with Gasteiger partial charge in [0.1, 0.15) is 0 Å². The molecular formula is C42H29BN2O2. The Morgan fingerprint density at radius 1 is 0.340 bits per heavy atom. The number of aromatic nitrogens is 2. The highest BCUT2D eigenvalue weighted by atomic mass is 16.4. The summed E-state index contributed by atoms with van der Waals surface area (Å²) >= 11 is 0. The number of nitrogens with zero attached hydrogens (tertiary/aromatic N) is 2. The van der Waals surface area contributed by atoms with Gasteiger partial charge in [-0.15, -0.1) is 0 Å². The molecule has 2 aromatic heterocycles. The van der Waals surface area contributed by atoms with Gasteiger partial charge in [0.15, 0.2) is 0 Å². The maximum atomic E-state index is 9.62.